The number of hydrogen-bond donors (Lipinski definition) is 2. The van der Waals surface area contributed by atoms with Crippen LogP contribution in [-0.2, 0) is 0 Å². The normalized spacial score (nSPS) is 9.55. The summed E-state index contributed by atoms with van der Waals surface area (Å²) in [6.07, 6.45) is 1.13. The van der Waals surface area contributed by atoms with Crippen LogP contribution in [0, 0.1) is 6.92 Å². The topological polar surface area (TPSA) is 89.1 Å². The lowest BCUT2D eigenvalue weighted by atomic mass is 10.2. The van der Waals surface area contributed by atoms with Crippen LogP contribution in [0.25, 0.3) is 0 Å². The number of aromatic nitrogens is 2. The lowest BCUT2D eigenvalue weighted by molar-refractivity contribution is 0.0689. The highest BCUT2D eigenvalue weighted by molar-refractivity contribution is 5.88. The van der Waals surface area contributed by atoms with Crippen LogP contribution in [0.1, 0.15) is 16.1 Å². The minimum Gasteiger partial charge on any atom is -0.476 e. The molecule has 3 N–H and O–H groups in total. The van der Waals surface area contributed by atoms with Crippen LogP contribution in [0.4, 0.5) is 5.82 Å². The third-order valence-electron chi connectivity index (χ3n) is 1.33. The molecule has 1 aromatic heterocycles. The Bertz CT molecular complexity index is 298. The maximum absolute atomic E-state index is 10.4. The molecule has 0 aliphatic heterocycles. The van der Waals surface area contributed by atoms with Crippen molar-refractivity contribution in [3.8, 4) is 0 Å². The van der Waals surface area contributed by atoms with Crippen LogP contribution >= 0.6 is 0 Å². The molecule has 0 atom stereocenters. The van der Waals surface area contributed by atoms with E-state index in [0.717, 1.165) is 6.33 Å². The van der Waals surface area contributed by atoms with E-state index in [-0.39, 0.29) is 11.5 Å². The van der Waals surface area contributed by atoms with Crippen LogP contribution in [-0.4, -0.2) is 21.0 Å². The molecule has 0 bridgehead atoms. The first-order chi connectivity index (χ1) is 5.13. The molecule has 1 heterocycles. The Morgan fingerprint density at radius 1 is 1.64 bits per heavy atom. The molecule has 0 aromatic carbocycles. The van der Waals surface area contributed by atoms with Crippen molar-refractivity contribution in [1.29, 1.82) is 0 Å². The molecular formula is C6H7N3O2. The van der Waals surface area contributed by atoms with Crippen LogP contribution < -0.4 is 5.73 Å². The van der Waals surface area contributed by atoms with Gasteiger partial charge in [-0.15, -0.1) is 0 Å². The van der Waals surface area contributed by atoms with Crippen molar-refractivity contribution in [2.45, 2.75) is 6.92 Å². The molecule has 58 valence electrons. The summed E-state index contributed by atoms with van der Waals surface area (Å²) in [4.78, 5) is 17.6. The summed E-state index contributed by atoms with van der Waals surface area (Å²) in [5.41, 5.74) is 5.70. The molecule has 0 amide bonds. The third kappa shape index (κ3) is 1.26. The highest BCUT2D eigenvalue weighted by Gasteiger charge is 2.10. The zero-order valence-electron chi connectivity index (χ0n) is 5.90. The van der Waals surface area contributed by atoms with E-state index >= 15 is 0 Å². The molecule has 5 nitrogen and oxygen atoms in total. The summed E-state index contributed by atoms with van der Waals surface area (Å²) >= 11 is 0. The van der Waals surface area contributed by atoms with Crippen molar-refractivity contribution in [3.63, 3.8) is 0 Å². The van der Waals surface area contributed by atoms with Gasteiger partial charge in [-0.25, -0.2) is 14.8 Å². The Hall–Kier alpha value is -1.65. The number of nitrogen functional groups attached to an aromatic ring is 1. The number of nitrogens with two attached hydrogens (primary N) is 1. The fraction of sp³-hybridized carbons (Fsp3) is 0.167. The van der Waals surface area contributed by atoms with E-state index in [1.165, 1.54) is 0 Å². The van der Waals surface area contributed by atoms with E-state index < -0.39 is 5.97 Å². The van der Waals surface area contributed by atoms with Gasteiger partial charge in [0.2, 0.25) is 0 Å². The molecule has 0 unspecified atom stereocenters. The average molecular weight is 153 g/mol. The van der Waals surface area contributed by atoms with E-state index in [1.54, 1.807) is 6.92 Å². The van der Waals surface area contributed by atoms with Crippen molar-refractivity contribution in [2.24, 2.45) is 0 Å². The molecule has 0 aliphatic carbocycles. The fourth-order valence-electron chi connectivity index (χ4n) is 0.679. The van der Waals surface area contributed by atoms with Gasteiger partial charge in [-0.1, -0.05) is 0 Å². The molecular weight excluding hydrogens is 146 g/mol. The number of rotatable bonds is 1. The van der Waals surface area contributed by atoms with Crippen molar-refractivity contribution in [3.05, 3.63) is 17.6 Å². The maximum atomic E-state index is 10.4. The van der Waals surface area contributed by atoms with Crippen molar-refractivity contribution in [1.82, 2.24) is 9.97 Å². The lowest BCUT2D eigenvalue weighted by Crippen LogP contribution is -2.07. The first-order valence-electron chi connectivity index (χ1n) is 2.93. The maximum Gasteiger partial charge on any atom is 0.354 e. The molecule has 5 heteroatoms. The van der Waals surface area contributed by atoms with Gasteiger partial charge in [0, 0.05) is 5.56 Å². The number of carbonyl (C=O) groups is 1. The quantitative estimate of drug-likeness (QED) is 0.595. The van der Waals surface area contributed by atoms with Gasteiger partial charge in [-0.3, -0.25) is 0 Å². The van der Waals surface area contributed by atoms with Gasteiger partial charge in [0.15, 0.2) is 5.69 Å². The van der Waals surface area contributed by atoms with Gasteiger partial charge in [0.25, 0.3) is 0 Å². The zero-order valence-corrected chi connectivity index (χ0v) is 5.90. The minimum atomic E-state index is -1.09. The molecule has 0 saturated carbocycles. The molecule has 1 rings (SSSR count). The second-order valence-corrected chi connectivity index (χ2v) is 2.04. The van der Waals surface area contributed by atoms with Crippen LogP contribution in [0.5, 0.6) is 0 Å². The largest absolute Gasteiger partial charge is 0.476 e. The van der Waals surface area contributed by atoms with E-state index in [0.29, 0.717) is 5.56 Å². The molecule has 0 fully saturated rings. The average Bonchev–Trinajstić information content (AvgIpc) is 1.94. The molecule has 0 aliphatic rings. The van der Waals surface area contributed by atoms with Gasteiger partial charge >= 0.3 is 5.97 Å². The molecule has 0 radical (unpaired) electrons. The molecule has 0 spiro atoms. The summed E-state index contributed by atoms with van der Waals surface area (Å²) in [6.45, 7) is 1.57. The summed E-state index contributed by atoms with van der Waals surface area (Å²) in [7, 11) is 0. The SMILES string of the molecule is Cc1c(N)ncnc1C(=O)O. The van der Waals surface area contributed by atoms with Gasteiger partial charge in [-0.2, -0.15) is 0 Å². The number of carboxylic acid groups (broad SMARTS) is 1. The van der Waals surface area contributed by atoms with Gasteiger partial charge in [-0.05, 0) is 6.92 Å². The minimum absolute atomic E-state index is 0.0440. The number of anilines is 1. The second kappa shape index (κ2) is 2.53. The first-order valence-corrected chi connectivity index (χ1v) is 2.93. The monoisotopic (exact) mass is 153 g/mol. The Labute approximate surface area is 62.9 Å². The second-order valence-electron chi connectivity index (χ2n) is 2.04. The van der Waals surface area contributed by atoms with Crippen LogP contribution in [0.2, 0.25) is 0 Å². The number of aromatic carboxylic acids is 1. The van der Waals surface area contributed by atoms with E-state index in [9.17, 15) is 4.79 Å². The van der Waals surface area contributed by atoms with Gasteiger partial charge < -0.3 is 10.8 Å². The lowest BCUT2D eigenvalue weighted by Gasteiger charge is -1.99. The third-order valence-corrected chi connectivity index (χ3v) is 1.33. The highest BCUT2D eigenvalue weighted by atomic mass is 16.4. The van der Waals surface area contributed by atoms with Crippen molar-refractivity contribution < 1.29 is 9.90 Å². The van der Waals surface area contributed by atoms with Gasteiger partial charge in [0.05, 0.1) is 0 Å². The standard InChI is InChI=1S/C6H7N3O2/c1-3-4(6(10)11)8-2-9-5(3)7/h2H,1H3,(H,10,11)(H2,7,8,9). The summed E-state index contributed by atoms with van der Waals surface area (Å²) in [5, 5.41) is 8.54. The Balaban J connectivity index is 3.27. The van der Waals surface area contributed by atoms with E-state index in [1.807, 2.05) is 0 Å². The fourth-order valence-corrected chi connectivity index (χ4v) is 0.679. The predicted molar refractivity (Wildman–Crippen MR) is 38.1 cm³/mol. The van der Waals surface area contributed by atoms with Gasteiger partial charge in [0.1, 0.15) is 12.1 Å². The Morgan fingerprint density at radius 2 is 2.27 bits per heavy atom. The highest BCUT2D eigenvalue weighted by Crippen LogP contribution is 2.08. The smallest absolute Gasteiger partial charge is 0.354 e. The Morgan fingerprint density at radius 3 is 2.73 bits per heavy atom. The van der Waals surface area contributed by atoms with Crippen LogP contribution in [0.15, 0.2) is 6.33 Å². The van der Waals surface area contributed by atoms with Crippen molar-refractivity contribution >= 4 is 11.8 Å². The number of nitrogens with zero attached hydrogens (tertiary/aromatic N) is 2. The molecule has 0 saturated heterocycles. The van der Waals surface area contributed by atoms with Crippen LogP contribution in [0.3, 0.4) is 0 Å². The molecule has 1 aromatic rings. The summed E-state index contributed by atoms with van der Waals surface area (Å²) in [5.74, 6) is -0.881. The number of carboxylic acids is 1. The first kappa shape index (κ1) is 7.46. The van der Waals surface area contributed by atoms with E-state index in [4.69, 9.17) is 10.8 Å². The number of hydrogen-bond acceptors (Lipinski definition) is 4. The summed E-state index contributed by atoms with van der Waals surface area (Å²) < 4.78 is 0. The van der Waals surface area contributed by atoms with Crippen molar-refractivity contribution in [2.75, 3.05) is 5.73 Å². The predicted octanol–water partition coefficient (Wildman–Crippen LogP) is 0.0654. The zero-order chi connectivity index (χ0) is 8.43. The Kier molecular flexibility index (Phi) is 1.72. The molecule has 11 heavy (non-hydrogen) atoms. The van der Waals surface area contributed by atoms with E-state index in [2.05, 4.69) is 9.97 Å². The summed E-state index contributed by atoms with van der Waals surface area (Å²) in [6, 6.07) is 0.